The van der Waals surface area contributed by atoms with E-state index in [-0.39, 0.29) is 5.56 Å². The van der Waals surface area contributed by atoms with Gasteiger partial charge in [0.15, 0.2) is 0 Å². The number of morpholine rings is 1. The summed E-state index contributed by atoms with van der Waals surface area (Å²) in [7, 11) is 0. The highest BCUT2D eigenvalue weighted by molar-refractivity contribution is 5.36. The number of hydrogen-bond acceptors (Lipinski definition) is 5. The first-order valence-corrected chi connectivity index (χ1v) is 6.42. The molecule has 0 spiro atoms. The summed E-state index contributed by atoms with van der Waals surface area (Å²) in [6.45, 7) is 4.37. The Morgan fingerprint density at radius 2 is 2.06 bits per heavy atom. The number of aryl methyl sites for hydroxylation is 1. The second kappa shape index (κ2) is 6.51. The van der Waals surface area contributed by atoms with Gasteiger partial charge in [-0.1, -0.05) is 0 Å². The molecule has 0 atom stereocenters. The molecule has 18 heavy (non-hydrogen) atoms. The molecule has 1 aromatic heterocycles. The van der Waals surface area contributed by atoms with Gasteiger partial charge in [0.1, 0.15) is 5.82 Å². The molecule has 1 aliphatic rings. The van der Waals surface area contributed by atoms with Gasteiger partial charge in [0, 0.05) is 25.7 Å². The fraction of sp³-hybridized carbons (Fsp3) is 0.667. The summed E-state index contributed by atoms with van der Waals surface area (Å²) >= 11 is 0. The maximum atomic E-state index is 11.7. The van der Waals surface area contributed by atoms with E-state index in [1.54, 1.807) is 12.1 Å². The van der Waals surface area contributed by atoms with Crippen LogP contribution in [-0.2, 0) is 11.3 Å². The summed E-state index contributed by atoms with van der Waals surface area (Å²) in [4.78, 5) is 13.8. The summed E-state index contributed by atoms with van der Waals surface area (Å²) in [5.41, 5.74) is 5.40. The van der Waals surface area contributed by atoms with Crippen molar-refractivity contribution in [2.45, 2.75) is 19.4 Å². The van der Waals surface area contributed by atoms with Crippen LogP contribution in [0, 0.1) is 0 Å². The van der Waals surface area contributed by atoms with Gasteiger partial charge in [-0.05, 0) is 25.5 Å². The number of hydrogen-bond donors (Lipinski definition) is 1. The molecule has 1 saturated heterocycles. The Labute approximate surface area is 106 Å². The minimum absolute atomic E-state index is 0.0518. The lowest BCUT2D eigenvalue weighted by Crippen LogP contribution is -2.38. The Morgan fingerprint density at radius 3 is 2.78 bits per heavy atom. The van der Waals surface area contributed by atoms with Gasteiger partial charge >= 0.3 is 0 Å². The molecule has 0 saturated carbocycles. The van der Waals surface area contributed by atoms with Gasteiger partial charge in [-0.3, -0.25) is 4.79 Å². The Balaban J connectivity index is 2.07. The highest BCUT2D eigenvalue weighted by atomic mass is 16.5. The average Bonchev–Trinajstić information content (AvgIpc) is 2.42. The molecule has 1 fully saturated rings. The number of nitrogens with two attached hydrogens (primary N) is 1. The third kappa shape index (κ3) is 3.30. The van der Waals surface area contributed by atoms with Crippen LogP contribution in [0.15, 0.2) is 16.9 Å². The van der Waals surface area contributed by atoms with Gasteiger partial charge in [0.05, 0.1) is 13.2 Å². The van der Waals surface area contributed by atoms with E-state index in [1.165, 1.54) is 4.68 Å². The van der Waals surface area contributed by atoms with Crippen molar-refractivity contribution >= 4 is 5.82 Å². The van der Waals surface area contributed by atoms with Crippen LogP contribution in [0.25, 0.3) is 0 Å². The highest BCUT2D eigenvalue weighted by Crippen LogP contribution is 2.09. The first-order valence-electron chi connectivity index (χ1n) is 6.42. The van der Waals surface area contributed by atoms with Crippen molar-refractivity contribution in [2.75, 3.05) is 37.7 Å². The van der Waals surface area contributed by atoms with E-state index in [4.69, 9.17) is 10.5 Å². The van der Waals surface area contributed by atoms with Crippen molar-refractivity contribution in [3.63, 3.8) is 0 Å². The lowest BCUT2D eigenvalue weighted by molar-refractivity contribution is 0.122. The Bertz CT molecular complexity index is 426. The van der Waals surface area contributed by atoms with Gasteiger partial charge in [-0.25, -0.2) is 4.68 Å². The summed E-state index contributed by atoms with van der Waals surface area (Å²) in [6, 6.07) is 3.37. The van der Waals surface area contributed by atoms with Gasteiger partial charge in [-0.15, -0.1) is 0 Å². The lowest BCUT2D eigenvalue weighted by Gasteiger charge is -2.27. The van der Waals surface area contributed by atoms with E-state index in [0.29, 0.717) is 26.3 Å². The number of unbranched alkanes of at least 4 members (excludes halogenated alkanes) is 1. The van der Waals surface area contributed by atoms with E-state index in [0.717, 1.165) is 31.7 Å². The van der Waals surface area contributed by atoms with Crippen molar-refractivity contribution in [1.82, 2.24) is 9.78 Å². The van der Waals surface area contributed by atoms with Crippen molar-refractivity contribution in [1.29, 1.82) is 0 Å². The predicted octanol–water partition coefficient (Wildman–Crippen LogP) is -0.181. The van der Waals surface area contributed by atoms with Gasteiger partial charge < -0.3 is 15.4 Å². The van der Waals surface area contributed by atoms with E-state index < -0.39 is 0 Å². The molecule has 2 rings (SSSR count). The number of anilines is 1. The summed E-state index contributed by atoms with van der Waals surface area (Å²) < 4.78 is 6.83. The zero-order valence-corrected chi connectivity index (χ0v) is 10.5. The molecule has 0 amide bonds. The predicted molar refractivity (Wildman–Crippen MR) is 69.8 cm³/mol. The molecule has 2 heterocycles. The fourth-order valence-corrected chi connectivity index (χ4v) is 1.97. The molecule has 6 nitrogen and oxygen atoms in total. The van der Waals surface area contributed by atoms with Crippen molar-refractivity contribution in [3.8, 4) is 0 Å². The summed E-state index contributed by atoms with van der Waals surface area (Å²) in [5.74, 6) is 0.852. The van der Waals surface area contributed by atoms with Crippen LogP contribution in [0.1, 0.15) is 12.8 Å². The minimum Gasteiger partial charge on any atom is -0.378 e. The molecule has 6 heteroatoms. The van der Waals surface area contributed by atoms with Gasteiger partial charge in [0.25, 0.3) is 5.56 Å². The molecular formula is C12H20N4O2. The second-order valence-corrected chi connectivity index (χ2v) is 4.35. The second-order valence-electron chi connectivity index (χ2n) is 4.35. The van der Waals surface area contributed by atoms with Crippen LogP contribution < -0.4 is 16.2 Å². The maximum Gasteiger partial charge on any atom is 0.266 e. The fourth-order valence-electron chi connectivity index (χ4n) is 1.97. The Morgan fingerprint density at radius 1 is 1.28 bits per heavy atom. The quantitative estimate of drug-likeness (QED) is 0.736. The topological polar surface area (TPSA) is 73.4 Å². The summed E-state index contributed by atoms with van der Waals surface area (Å²) in [6.07, 6.45) is 1.80. The van der Waals surface area contributed by atoms with Crippen LogP contribution in [0.3, 0.4) is 0 Å². The molecule has 0 radical (unpaired) electrons. The Hall–Kier alpha value is -1.40. The molecule has 0 aromatic carbocycles. The maximum absolute atomic E-state index is 11.7. The lowest BCUT2D eigenvalue weighted by atomic mass is 10.3. The zero-order valence-electron chi connectivity index (χ0n) is 10.5. The third-order valence-corrected chi connectivity index (χ3v) is 3.01. The van der Waals surface area contributed by atoms with Crippen LogP contribution in [0.2, 0.25) is 0 Å². The number of aromatic nitrogens is 2. The van der Waals surface area contributed by atoms with Crippen molar-refractivity contribution in [2.24, 2.45) is 5.73 Å². The number of rotatable bonds is 5. The normalized spacial score (nSPS) is 15.9. The molecule has 2 N–H and O–H groups in total. The van der Waals surface area contributed by atoms with Gasteiger partial charge in [0.2, 0.25) is 0 Å². The standard InChI is InChI=1S/C12H20N4O2/c13-5-1-2-6-16-12(17)4-3-11(14-16)15-7-9-18-10-8-15/h3-4H,1-2,5-10,13H2. The van der Waals surface area contributed by atoms with E-state index in [1.807, 2.05) is 0 Å². The minimum atomic E-state index is -0.0518. The van der Waals surface area contributed by atoms with Crippen molar-refractivity contribution < 1.29 is 4.74 Å². The number of ether oxygens (including phenoxy) is 1. The van der Waals surface area contributed by atoms with E-state index in [9.17, 15) is 4.79 Å². The largest absolute Gasteiger partial charge is 0.378 e. The first-order chi connectivity index (χ1) is 8.81. The monoisotopic (exact) mass is 252 g/mol. The molecule has 0 aliphatic carbocycles. The zero-order chi connectivity index (χ0) is 12.8. The van der Waals surface area contributed by atoms with E-state index >= 15 is 0 Å². The Kier molecular flexibility index (Phi) is 4.72. The molecule has 1 aliphatic heterocycles. The SMILES string of the molecule is NCCCCn1nc(N2CCOCC2)ccc1=O. The number of nitrogens with zero attached hydrogens (tertiary/aromatic N) is 3. The van der Waals surface area contributed by atoms with Crippen LogP contribution in [0.4, 0.5) is 5.82 Å². The van der Waals surface area contributed by atoms with Gasteiger partial charge in [-0.2, -0.15) is 5.10 Å². The molecule has 0 unspecified atom stereocenters. The summed E-state index contributed by atoms with van der Waals surface area (Å²) in [5, 5.41) is 4.40. The first kappa shape index (κ1) is 13.0. The molecular weight excluding hydrogens is 232 g/mol. The molecule has 100 valence electrons. The van der Waals surface area contributed by atoms with Crippen LogP contribution >= 0.6 is 0 Å². The van der Waals surface area contributed by atoms with Crippen LogP contribution in [-0.4, -0.2) is 42.6 Å². The van der Waals surface area contributed by atoms with Crippen LogP contribution in [0.5, 0.6) is 0 Å². The smallest absolute Gasteiger partial charge is 0.266 e. The molecule has 1 aromatic rings. The third-order valence-electron chi connectivity index (χ3n) is 3.01. The highest BCUT2D eigenvalue weighted by Gasteiger charge is 2.13. The molecule has 0 bridgehead atoms. The van der Waals surface area contributed by atoms with Crippen molar-refractivity contribution in [3.05, 3.63) is 22.5 Å². The van der Waals surface area contributed by atoms with E-state index in [2.05, 4.69) is 10.00 Å². The average molecular weight is 252 g/mol.